The molecule has 0 rings (SSSR count). The van der Waals surface area contributed by atoms with Crippen molar-refractivity contribution in [3.63, 3.8) is 0 Å². The molecule has 0 bridgehead atoms. The molecule has 0 spiro atoms. The molecule has 0 aromatic heterocycles. The standard InChI is InChI=1S/C11H7NO/c1-3-4-5-6-7-8-9-10-12-11(2)13/h1-2H3,(H,12,13). The molecule has 0 heterocycles. The van der Waals surface area contributed by atoms with Crippen molar-refractivity contribution in [3.8, 4) is 47.5 Å². The Morgan fingerprint density at radius 1 is 1.00 bits per heavy atom. The molecule has 0 aliphatic rings. The van der Waals surface area contributed by atoms with Crippen LogP contribution in [0.2, 0.25) is 0 Å². The lowest BCUT2D eigenvalue weighted by atomic mass is 10.5. The molecule has 0 atom stereocenters. The summed E-state index contributed by atoms with van der Waals surface area (Å²) < 4.78 is 0. The number of hydrogen-bond acceptors (Lipinski definition) is 1. The normalized spacial score (nSPS) is 5.08. The molecule has 13 heavy (non-hydrogen) atoms. The van der Waals surface area contributed by atoms with E-state index < -0.39 is 0 Å². The molecule has 0 radical (unpaired) electrons. The number of hydrogen-bond donors (Lipinski definition) is 1. The second-order valence-electron chi connectivity index (χ2n) is 1.81. The van der Waals surface area contributed by atoms with Gasteiger partial charge in [-0.2, -0.15) is 0 Å². The molecule has 2 heteroatoms. The van der Waals surface area contributed by atoms with Crippen LogP contribution >= 0.6 is 0 Å². The van der Waals surface area contributed by atoms with Crippen LogP contribution in [-0.4, -0.2) is 5.91 Å². The highest BCUT2D eigenvalue weighted by Gasteiger charge is 1.78. The molecule has 0 aromatic carbocycles. The third-order valence-electron chi connectivity index (χ3n) is 0.739. The Hall–Kier alpha value is -2.29. The first kappa shape index (κ1) is 10.7. The molecular formula is C11H7NO. The van der Waals surface area contributed by atoms with Crippen LogP contribution in [-0.2, 0) is 4.79 Å². The highest BCUT2D eigenvalue weighted by Crippen LogP contribution is 1.56. The van der Waals surface area contributed by atoms with Crippen molar-refractivity contribution in [2.24, 2.45) is 0 Å². The summed E-state index contributed by atoms with van der Waals surface area (Å²) in [6, 6.07) is 2.35. The number of rotatable bonds is 0. The maximum atomic E-state index is 10.3. The summed E-state index contributed by atoms with van der Waals surface area (Å²) in [5.74, 6) is 17.2. The fraction of sp³-hybridized carbons (Fsp3) is 0.182. The van der Waals surface area contributed by atoms with Crippen LogP contribution in [0.15, 0.2) is 0 Å². The van der Waals surface area contributed by atoms with Crippen molar-refractivity contribution in [1.29, 1.82) is 0 Å². The highest BCUT2D eigenvalue weighted by atomic mass is 16.1. The van der Waals surface area contributed by atoms with Gasteiger partial charge in [-0.15, -0.1) is 0 Å². The zero-order valence-electron chi connectivity index (χ0n) is 7.41. The Labute approximate surface area is 78.1 Å². The summed E-state index contributed by atoms with van der Waals surface area (Å²) in [6.07, 6.45) is 0. The first-order valence-electron chi connectivity index (χ1n) is 3.45. The fourth-order valence-corrected chi connectivity index (χ4v) is 0.338. The zero-order chi connectivity index (χ0) is 9.94. The van der Waals surface area contributed by atoms with Crippen LogP contribution in [0.1, 0.15) is 13.8 Å². The lowest BCUT2D eigenvalue weighted by Crippen LogP contribution is -2.11. The molecule has 0 aromatic rings. The minimum atomic E-state index is -0.211. The van der Waals surface area contributed by atoms with E-state index in [1.54, 1.807) is 6.92 Å². The molecule has 0 fully saturated rings. The molecule has 0 aliphatic heterocycles. The minimum Gasteiger partial charge on any atom is -0.285 e. The highest BCUT2D eigenvalue weighted by molar-refractivity contribution is 5.74. The molecule has 2 nitrogen and oxygen atoms in total. The van der Waals surface area contributed by atoms with Gasteiger partial charge in [-0.3, -0.25) is 10.1 Å². The van der Waals surface area contributed by atoms with E-state index >= 15 is 0 Å². The summed E-state index contributed by atoms with van der Waals surface area (Å²) in [7, 11) is 0. The van der Waals surface area contributed by atoms with Gasteiger partial charge in [0, 0.05) is 30.7 Å². The van der Waals surface area contributed by atoms with Crippen LogP contribution in [0.5, 0.6) is 0 Å². The van der Waals surface area contributed by atoms with E-state index in [0.29, 0.717) is 0 Å². The number of nitrogens with one attached hydrogen (secondary N) is 1. The van der Waals surface area contributed by atoms with Gasteiger partial charge in [0.2, 0.25) is 5.91 Å². The van der Waals surface area contributed by atoms with Gasteiger partial charge < -0.3 is 0 Å². The average molecular weight is 169 g/mol. The quantitative estimate of drug-likeness (QED) is 0.405. The molecule has 0 unspecified atom stereocenters. The van der Waals surface area contributed by atoms with E-state index in [-0.39, 0.29) is 5.91 Å². The number of carbonyl (C=O) groups excluding carboxylic acids is 1. The van der Waals surface area contributed by atoms with E-state index in [9.17, 15) is 4.79 Å². The Morgan fingerprint density at radius 3 is 2.08 bits per heavy atom. The van der Waals surface area contributed by atoms with Gasteiger partial charge in [0.15, 0.2) is 0 Å². The molecule has 62 valence electrons. The van der Waals surface area contributed by atoms with Gasteiger partial charge >= 0.3 is 0 Å². The van der Waals surface area contributed by atoms with Crippen molar-refractivity contribution in [3.05, 3.63) is 0 Å². The molecule has 0 saturated carbocycles. The Morgan fingerprint density at radius 2 is 1.54 bits per heavy atom. The van der Waals surface area contributed by atoms with Gasteiger partial charge in [0.05, 0.1) is 0 Å². The summed E-state index contributed by atoms with van der Waals surface area (Å²) in [5.41, 5.74) is 0. The van der Waals surface area contributed by atoms with Gasteiger partial charge in [-0.25, -0.2) is 0 Å². The Bertz CT molecular complexity index is 416. The van der Waals surface area contributed by atoms with Gasteiger partial charge in [-0.1, -0.05) is 5.92 Å². The SMILES string of the molecule is CC#CC#CC#CC#CNC(C)=O. The van der Waals surface area contributed by atoms with Crippen molar-refractivity contribution < 1.29 is 4.79 Å². The fourth-order valence-electron chi connectivity index (χ4n) is 0.338. The lowest BCUT2D eigenvalue weighted by Gasteiger charge is -1.80. The van der Waals surface area contributed by atoms with Crippen LogP contribution in [0.3, 0.4) is 0 Å². The second kappa shape index (κ2) is 7.81. The summed E-state index contributed by atoms with van der Waals surface area (Å²) in [5, 5.41) is 2.27. The monoisotopic (exact) mass is 169 g/mol. The van der Waals surface area contributed by atoms with Crippen LogP contribution in [0, 0.1) is 47.5 Å². The number of carbonyl (C=O) groups is 1. The minimum absolute atomic E-state index is 0.211. The average Bonchev–Trinajstić information content (AvgIpc) is 2.09. The summed E-state index contributed by atoms with van der Waals surface area (Å²) in [6.45, 7) is 3.07. The van der Waals surface area contributed by atoms with E-state index in [0.717, 1.165) is 0 Å². The molecule has 0 aliphatic carbocycles. The maximum Gasteiger partial charge on any atom is 0.228 e. The zero-order valence-corrected chi connectivity index (χ0v) is 7.41. The molecule has 0 saturated heterocycles. The van der Waals surface area contributed by atoms with Gasteiger partial charge in [0.1, 0.15) is 0 Å². The molecular weight excluding hydrogens is 162 g/mol. The van der Waals surface area contributed by atoms with Crippen LogP contribution in [0.4, 0.5) is 0 Å². The van der Waals surface area contributed by atoms with E-state index in [4.69, 9.17) is 0 Å². The van der Waals surface area contributed by atoms with Crippen molar-refractivity contribution in [2.75, 3.05) is 0 Å². The predicted molar refractivity (Wildman–Crippen MR) is 50.6 cm³/mol. The third-order valence-corrected chi connectivity index (χ3v) is 0.739. The van der Waals surface area contributed by atoms with Crippen LogP contribution in [0.25, 0.3) is 0 Å². The smallest absolute Gasteiger partial charge is 0.228 e. The first-order valence-corrected chi connectivity index (χ1v) is 3.45. The largest absolute Gasteiger partial charge is 0.285 e. The van der Waals surface area contributed by atoms with Crippen molar-refractivity contribution >= 4 is 5.91 Å². The van der Waals surface area contributed by atoms with Gasteiger partial charge in [0.25, 0.3) is 0 Å². The second-order valence-corrected chi connectivity index (χ2v) is 1.81. The van der Waals surface area contributed by atoms with Gasteiger partial charge in [-0.05, 0) is 24.7 Å². The third kappa shape index (κ3) is 9.71. The lowest BCUT2D eigenvalue weighted by molar-refractivity contribution is -0.117. The Balaban J connectivity index is 3.97. The van der Waals surface area contributed by atoms with E-state index in [1.165, 1.54) is 6.92 Å². The summed E-state index contributed by atoms with van der Waals surface area (Å²) >= 11 is 0. The molecule has 1 N–H and O–H groups in total. The Kier molecular flexibility index (Phi) is 6.44. The number of amides is 1. The van der Waals surface area contributed by atoms with E-state index in [2.05, 4.69) is 52.8 Å². The van der Waals surface area contributed by atoms with Crippen molar-refractivity contribution in [2.45, 2.75) is 13.8 Å². The van der Waals surface area contributed by atoms with E-state index in [1.807, 2.05) is 0 Å². The maximum absolute atomic E-state index is 10.3. The topological polar surface area (TPSA) is 29.1 Å². The van der Waals surface area contributed by atoms with Crippen molar-refractivity contribution in [1.82, 2.24) is 5.32 Å². The van der Waals surface area contributed by atoms with Crippen LogP contribution < -0.4 is 5.32 Å². The first-order chi connectivity index (χ1) is 6.27. The molecule has 1 amide bonds. The summed E-state index contributed by atoms with van der Waals surface area (Å²) in [4.78, 5) is 10.3. The predicted octanol–water partition coefficient (Wildman–Crippen LogP) is 0.113.